The molecule has 1 atom stereocenters. The van der Waals surface area contributed by atoms with E-state index in [1.165, 1.54) is 0 Å². The summed E-state index contributed by atoms with van der Waals surface area (Å²) in [7, 11) is 0. The molecule has 2 heterocycles. The van der Waals surface area contributed by atoms with Crippen molar-refractivity contribution >= 4 is 45.6 Å². The Kier molecular flexibility index (Phi) is 3.16. The van der Waals surface area contributed by atoms with Gasteiger partial charge in [0.2, 0.25) is 5.91 Å². The number of piperazine rings is 1. The fourth-order valence-electron chi connectivity index (χ4n) is 2.19. The first-order chi connectivity index (χ1) is 8.58. The molecule has 2 aliphatic rings. The summed E-state index contributed by atoms with van der Waals surface area (Å²) in [4.78, 5) is 20.4. The predicted octanol–water partition coefficient (Wildman–Crippen LogP) is 1.99. The standard InChI is InChI=1S/C11H13Cl2N3OS/c12-11(13)7-8(11)9(17)15-2-4-16(5-3-15)10-14-1-6-18-10/h1,6,8H,2-5,7H2/t8-/m1/s1. The molecular weight excluding hydrogens is 293 g/mol. The van der Waals surface area contributed by atoms with Gasteiger partial charge in [-0.1, -0.05) is 0 Å². The molecule has 7 heteroatoms. The van der Waals surface area contributed by atoms with E-state index in [4.69, 9.17) is 23.2 Å². The zero-order valence-corrected chi connectivity index (χ0v) is 12.0. The molecule has 98 valence electrons. The minimum Gasteiger partial charge on any atom is -0.345 e. The third kappa shape index (κ3) is 2.31. The Bertz CT molecular complexity index is 443. The number of nitrogens with zero attached hydrogens (tertiary/aromatic N) is 3. The van der Waals surface area contributed by atoms with E-state index in [0.717, 1.165) is 31.3 Å². The summed E-state index contributed by atoms with van der Waals surface area (Å²) in [5.74, 6) is -0.106. The zero-order valence-electron chi connectivity index (χ0n) is 9.68. The minimum atomic E-state index is -0.816. The lowest BCUT2D eigenvalue weighted by molar-refractivity contribution is -0.132. The van der Waals surface area contributed by atoms with Crippen LogP contribution >= 0.6 is 34.5 Å². The fourth-order valence-corrected chi connectivity index (χ4v) is 3.38. The molecule has 3 rings (SSSR count). The number of rotatable bonds is 2. The quantitative estimate of drug-likeness (QED) is 0.784. The molecule has 2 fully saturated rings. The number of thiazole rings is 1. The highest BCUT2D eigenvalue weighted by atomic mass is 35.5. The molecule has 0 radical (unpaired) electrons. The summed E-state index contributed by atoms with van der Waals surface area (Å²) in [5.41, 5.74) is 0. The number of aromatic nitrogens is 1. The van der Waals surface area contributed by atoms with Crippen molar-refractivity contribution in [2.45, 2.75) is 10.8 Å². The molecule has 1 saturated heterocycles. The first kappa shape index (κ1) is 12.5. The van der Waals surface area contributed by atoms with E-state index in [-0.39, 0.29) is 11.8 Å². The van der Waals surface area contributed by atoms with Crippen LogP contribution in [0, 0.1) is 5.92 Å². The highest BCUT2D eigenvalue weighted by molar-refractivity contribution is 7.13. The average molecular weight is 306 g/mol. The van der Waals surface area contributed by atoms with Gasteiger partial charge >= 0.3 is 0 Å². The number of anilines is 1. The maximum Gasteiger partial charge on any atom is 0.228 e. The monoisotopic (exact) mass is 305 g/mol. The lowest BCUT2D eigenvalue weighted by Crippen LogP contribution is -2.49. The van der Waals surface area contributed by atoms with Crippen molar-refractivity contribution in [3.05, 3.63) is 11.6 Å². The van der Waals surface area contributed by atoms with Crippen molar-refractivity contribution in [1.29, 1.82) is 0 Å². The van der Waals surface area contributed by atoms with Gasteiger partial charge in [0.15, 0.2) is 5.13 Å². The number of halogens is 2. The zero-order chi connectivity index (χ0) is 12.8. The van der Waals surface area contributed by atoms with E-state index in [1.807, 2.05) is 10.3 Å². The molecule has 1 aliphatic heterocycles. The van der Waals surface area contributed by atoms with E-state index in [9.17, 15) is 4.79 Å². The summed E-state index contributed by atoms with van der Waals surface area (Å²) in [5, 5.41) is 2.99. The van der Waals surface area contributed by atoms with Crippen molar-refractivity contribution in [2.75, 3.05) is 31.1 Å². The van der Waals surface area contributed by atoms with Crippen LogP contribution in [0.2, 0.25) is 0 Å². The third-order valence-corrected chi connectivity index (χ3v) is 5.07. The smallest absolute Gasteiger partial charge is 0.228 e. The van der Waals surface area contributed by atoms with Crippen LogP contribution in [0.3, 0.4) is 0 Å². The first-order valence-corrected chi connectivity index (χ1v) is 7.52. The minimum absolute atomic E-state index is 0.0961. The van der Waals surface area contributed by atoms with Crippen molar-refractivity contribution in [2.24, 2.45) is 5.92 Å². The van der Waals surface area contributed by atoms with Gasteiger partial charge in [0.25, 0.3) is 0 Å². The van der Waals surface area contributed by atoms with Gasteiger partial charge in [-0.3, -0.25) is 4.79 Å². The number of carbonyl (C=O) groups excluding carboxylic acids is 1. The molecule has 0 N–H and O–H groups in total. The lowest BCUT2D eigenvalue weighted by Gasteiger charge is -2.34. The maximum atomic E-state index is 12.1. The second-order valence-corrected chi connectivity index (χ2v) is 7.06. The molecular formula is C11H13Cl2N3OS. The molecule has 1 amide bonds. The molecule has 1 aromatic heterocycles. The second kappa shape index (κ2) is 4.54. The van der Waals surface area contributed by atoms with Crippen LogP contribution in [-0.2, 0) is 4.79 Å². The summed E-state index contributed by atoms with van der Waals surface area (Å²) in [6.45, 7) is 3.09. The van der Waals surface area contributed by atoms with Gasteiger partial charge in [0.05, 0.1) is 5.92 Å². The molecule has 0 aromatic carbocycles. The Labute approximate surface area is 119 Å². The van der Waals surface area contributed by atoms with Crippen LogP contribution in [-0.4, -0.2) is 46.3 Å². The van der Waals surface area contributed by atoms with Crippen molar-refractivity contribution in [3.63, 3.8) is 0 Å². The number of hydrogen-bond donors (Lipinski definition) is 0. The fraction of sp³-hybridized carbons (Fsp3) is 0.636. The van der Waals surface area contributed by atoms with Gasteiger partial charge in [-0.2, -0.15) is 0 Å². The molecule has 18 heavy (non-hydrogen) atoms. The Morgan fingerprint density at radius 1 is 1.39 bits per heavy atom. The van der Waals surface area contributed by atoms with Gasteiger partial charge in [-0.15, -0.1) is 34.5 Å². The van der Waals surface area contributed by atoms with E-state index >= 15 is 0 Å². The van der Waals surface area contributed by atoms with Crippen LogP contribution in [0.4, 0.5) is 5.13 Å². The SMILES string of the molecule is O=C([C@H]1CC1(Cl)Cl)N1CCN(c2nccs2)CC1. The Morgan fingerprint density at radius 2 is 2.06 bits per heavy atom. The van der Waals surface area contributed by atoms with E-state index in [2.05, 4.69) is 9.88 Å². The largest absolute Gasteiger partial charge is 0.345 e. The molecule has 0 bridgehead atoms. The Balaban J connectivity index is 1.56. The van der Waals surface area contributed by atoms with Gasteiger partial charge in [-0.05, 0) is 6.42 Å². The van der Waals surface area contributed by atoms with E-state index in [1.54, 1.807) is 17.5 Å². The molecule has 0 spiro atoms. The molecule has 1 aromatic rings. The Hall–Kier alpha value is -0.520. The maximum absolute atomic E-state index is 12.1. The van der Waals surface area contributed by atoms with Crippen molar-refractivity contribution in [1.82, 2.24) is 9.88 Å². The predicted molar refractivity (Wildman–Crippen MR) is 73.5 cm³/mol. The summed E-state index contributed by atoms with van der Waals surface area (Å²) in [6.07, 6.45) is 2.39. The topological polar surface area (TPSA) is 36.4 Å². The van der Waals surface area contributed by atoms with Crippen LogP contribution in [0.1, 0.15) is 6.42 Å². The number of amides is 1. The van der Waals surface area contributed by atoms with Crippen LogP contribution in [0.5, 0.6) is 0 Å². The average Bonchev–Trinajstić information content (AvgIpc) is 2.82. The van der Waals surface area contributed by atoms with Gasteiger partial charge in [-0.25, -0.2) is 4.98 Å². The summed E-state index contributed by atoms with van der Waals surface area (Å²) < 4.78 is -0.816. The molecule has 1 saturated carbocycles. The van der Waals surface area contributed by atoms with Gasteiger partial charge in [0.1, 0.15) is 4.33 Å². The third-order valence-electron chi connectivity index (χ3n) is 3.41. The van der Waals surface area contributed by atoms with Crippen molar-refractivity contribution < 1.29 is 4.79 Å². The highest BCUT2D eigenvalue weighted by Crippen LogP contribution is 2.53. The summed E-state index contributed by atoms with van der Waals surface area (Å²) >= 11 is 13.5. The Morgan fingerprint density at radius 3 is 2.56 bits per heavy atom. The lowest BCUT2D eigenvalue weighted by atomic mass is 10.3. The summed E-state index contributed by atoms with van der Waals surface area (Å²) in [6, 6.07) is 0. The normalized spacial score (nSPS) is 26.2. The van der Waals surface area contributed by atoms with Gasteiger partial charge in [0, 0.05) is 37.8 Å². The molecule has 4 nitrogen and oxygen atoms in total. The number of hydrogen-bond acceptors (Lipinski definition) is 4. The highest BCUT2D eigenvalue weighted by Gasteiger charge is 2.57. The van der Waals surface area contributed by atoms with Crippen LogP contribution < -0.4 is 4.90 Å². The molecule has 0 unspecified atom stereocenters. The van der Waals surface area contributed by atoms with Crippen LogP contribution in [0.25, 0.3) is 0 Å². The van der Waals surface area contributed by atoms with Crippen LogP contribution in [0.15, 0.2) is 11.6 Å². The van der Waals surface area contributed by atoms with Gasteiger partial charge < -0.3 is 9.80 Å². The van der Waals surface area contributed by atoms with E-state index < -0.39 is 4.33 Å². The van der Waals surface area contributed by atoms with E-state index in [0.29, 0.717) is 6.42 Å². The molecule has 1 aliphatic carbocycles. The first-order valence-electron chi connectivity index (χ1n) is 5.89. The van der Waals surface area contributed by atoms with Crippen molar-refractivity contribution in [3.8, 4) is 0 Å². The number of alkyl halides is 2. The number of carbonyl (C=O) groups is 1. The second-order valence-electron chi connectivity index (χ2n) is 4.64.